The van der Waals surface area contributed by atoms with Crippen molar-refractivity contribution in [2.45, 2.75) is 32.1 Å². The third-order valence-electron chi connectivity index (χ3n) is 3.75. The molecule has 0 bridgehead atoms. The molecule has 0 saturated heterocycles. The van der Waals surface area contributed by atoms with Crippen LogP contribution in [0.4, 0.5) is 0 Å². The third kappa shape index (κ3) is 2.20. The van der Waals surface area contributed by atoms with E-state index in [0.29, 0.717) is 17.8 Å². The molecule has 0 aliphatic heterocycles. The van der Waals surface area contributed by atoms with Crippen molar-refractivity contribution in [1.82, 2.24) is 13.9 Å². The van der Waals surface area contributed by atoms with Gasteiger partial charge in [0.15, 0.2) is 5.65 Å². The molecule has 0 spiro atoms. The fraction of sp³-hybridized carbons (Fsp3) is 0.250. The lowest BCUT2D eigenvalue weighted by Gasteiger charge is -2.10. The van der Waals surface area contributed by atoms with Crippen LogP contribution in [0.5, 0.6) is 0 Å². The van der Waals surface area contributed by atoms with Crippen LogP contribution in [-0.2, 0) is 16.4 Å². The van der Waals surface area contributed by atoms with E-state index in [2.05, 4.69) is 9.97 Å². The molecular formula is C16H17N3O2S. The molecule has 0 radical (unpaired) electrons. The highest BCUT2D eigenvalue weighted by Gasteiger charge is 2.23. The number of rotatable bonds is 3. The van der Waals surface area contributed by atoms with Crippen molar-refractivity contribution in [3.8, 4) is 0 Å². The van der Waals surface area contributed by atoms with Gasteiger partial charge in [-0.2, -0.15) is 0 Å². The van der Waals surface area contributed by atoms with E-state index in [9.17, 15) is 8.42 Å². The fourth-order valence-corrected chi connectivity index (χ4v) is 4.05. The fourth-order valence-electron chi connectivity index (χ4n) is 2.49. The van der Waals surface area contributed by atoms with E-state index in [-0.39, 0.29) is 4.90 Å². The first-order valence-corrected chi connectivity index (χ1v) is 8.53. The van der Waals surface area contributed by atoms with Crippen molar-refractivity contribution in [2.24, 2.45) is 0 Å². The van der Waals surface area contributed by atoms with Crippen molar-refractivity contribution in [3.63, 3.8) is 0 Å². The second-order valence-electron chi connectivity index (χ2n) is 5.27. The van der Waals surface area contributed by atoms with Gasteiger partial charge in [0.1, 0.15) is 6.33 Å². The van der Waals surface area contributed by atoms with Gasteiger partial charge in [-0.15, -0.1) is 0 Å². The van der Waals surface area contributed by atoms with E-state index in [4.69, 9.17) is 0 Å². The first-order valence-electron chi connectivity index (χ1n) is 7.09. The molecule has 0 saturated carbocycles. The van der Waals surface area contributed by atoms with Gasteiger partial charge in [0.2, 0.25) is 0 Å². The second kappa shape index (κ2) is 5.21. The summed E-state index contributed by atoms with van der Waals surface area (Å²) >= 11 is 0. The maximum Gasteiger partial charge on any atom is 0.269 e. The van der Waals surface area contributed by atoms with E-state index < -0.39 is 10.0 Å². The Bertz CT molecular complexity index is 941. The van der Waals surface area contributed by atoms with Gasteiger partial charge in [-0.25, -0.2) is 22.4 Å². The number of hydrogen-bond acceptors (Lipinski definition) is 4. The van der Waals surface area contributed by atoms with E-state index in [1.54, 1.807) is 24.3 Å². The molecule has 2 heterocycles. The summed E-state index contributed by atoms with van der Waals surface area (Å²) in [5, 5.41) is 0.773. The van der Waals surface area contributed by atoms with Crippen molar-refractivity contribution in [3.05, 3.63) is 53.6 Å². The molecule has 22 heavy (non-hydrogen) atoms. The lowest BCUT2D eigenvalue weighted by Crippen LogP contribution is -2.16. The molecule has 114 valence electrons. The summed E-state index contributed by atoms with van der Waals surface area (Å²) in [4.78, 5) is 8.60. The molecule has 1 aromatic carbocycles. The van der Waals surface area contributed by atoms with Gasteiger partial charge in [-0.1, -0.05) is 24.6 Å². The summed E-state index contributed by atoms with van der Waals surface area (Å²) in [7, 11) is -3.67. The summed E-state index contributed by atoms with van der Waals surface area (Å²) < 4.78 is 27.4. The first kappa shape index (κ1) is 14.7. The van der Waals surface area contributed by atoms with Crippen LogP contribution in [0.2, 0.25) is 0 Å². The highest BCUT2D eigenvalue weighted by atomic mass is 32.2. The monoisotopic (exact) mass is 315 g/mol. The molecule has 0 fully saturated rings. The van der Waals surface area contributed by atoms with Gasteiger partial charge in [-0.3, -0.25) is 0 Å². The number of fused-ring (bicyclic) bond motifs is 1. The van der Waals surface area contributed by atoms with Crippen LogP contribution in [0.15, 0.2) is 41.6 Å². The minimum absolute atomic E-state index is 0.265. The number of benzene rings is 1. The molecule has 5 nitrogen and oxygen atoms in total. The van der Waals surface area contributed by atoms with E-state index >= 15 is 0 Å². The maximum atomic E-state index is 13.0. The van der Waals surface area contributed by atoms with Crippen LogP contribution >= 0.6 is 0 Å². The second-order valence-corrected chi connectivity index (χ2v) is 7.05. The summed E-state index contributed by atoms with van der Waals surface area (Å²) in [6.45, 7) is 5.71. The summed E-state index contributed by atoms with van der Waals surface area (Å²) in [5.41, 5.74) is 2.94. The molecule has 0 atom stereocenters. The van der Waals surface area contributed by atoms with Crippen LogP contribution in [-0.4, -0.2) is 22.4 Å². The predicted molar refractivity (Wildman–Crippen MR) is 85.4 cm³/mol. The topological polar surface area (TPSA) is 64.8 Å². The van der Waals surface area contributed by atoms with Gasteiger partial charge in [0.05, 0.1) is 10.6 Å². The van der Waals surface area contributed by atoms with Gasteiger partial charge in [-0.05, 0) is 38.5 Å². The normalized spacial score (nSPS) is 12.0. The van der Waals surface area contributed by atoms with E-state index in [0.717, 1.165) is 16.6 Å². The maximum absolute atomic E-state index is 13.0. The lowest BCUT2D eigenvalue weighted by molar-refractivity contribution is 0.586. The molecule has 2 aromatic heterocycles. The first-order chi connectivity index (χ1) is 10.4. The Morgan fingerprint density at radius 2 is 1.77 bits per heavy atom. The van der Waals surface area contributed by atoms with E-state index in [1.807, 2.05) is 26.8 Å². The molecule has 3 aromatic rings. The predicted octanol–water partition coefficient (Wildman–Crippen LogP) is 2.85. The Kier molecular flexibility index (Phi) is 3.48. The van der Waals surface area contributed by atoms with Crippen molar-refractivity contribution in [2.75, 3.05) is 0 Å². The number of aromatic nitrogens is 3. The van der Waals surface area contributed by atoms with Crippen LogP contribution < -0.4 is 0 Å². The van der Waals surface area contributed by atoms with Gasteiger partial charge in [0, 0.05) is 11.1 Å². The standard InChI is InChI=1S/C16H17N3O2S/c1-4-13-9-15-12(3)17-10-18-16(15)19(13)22(20,21)14-7-5-11(2)6-8-14/h5-10H,4H2,1-3H3. The van der Waals surface area contributed by atoms with Gasteiger partial charge >= 0.3 is 0 Å². The van der Waals surface area contributed by atoms with Gasteiger partial charge in [0.25, 0.3) is 10.0 Å². The van der Waals surface area contributed by atoms with Gasteiger partial charge < -0.3 is 0 Å². The van der Waals surface area contributed by atoms with Crippen LogP contribution in [0, 0.1) is 13.8 Å². The lowest BCUT2D eigenvalue weighted by atomic mass is 10.2. The molecular weight excluding hydrogens is 298 g/mol. The summed E-state index contributed by atoms with van der Waals surface area (Å²) in [6.07, 6.45) is 2.00. The largest absolute Gasteiger partial charge is 0.269 e. The Labute approximate surface area is 129 Å². The average molecular weight is 315 g/mol. The Morgan fingerprint density at radius 3 is 2.41 bits per heavy atom. The SMILES string of the molecule is CCc1cc2c(C)ncnc2n1S(=O)(=O)c1ccc(C)cc1. The quantitative estimate of drug-likeness (QED) is 0.745. The zero-order chi connectivity index (χ0) is 15.9. The van der Waals surface area contributed by atoms with Crippen LogP contribution in [0.1, 0.15) is 23.9 Å². The Hall–Kier alpha value is -2.21. The Balaban J connectivity index is 2.33. The van der Waals surface area contributed by atoms with E-state index in [1.165, 1.54) is 10.3 Å². The molecule has 0 unspecified atom stereocenters. The molecule has 0 amide bonds. The van der Waals surface area contributed by atoms with Crippen LogP contribution in [0.3, 0.4) is 0 Å². The minimum Gasteiger partial charge on any atom is -0.241 e. The Morgan fingerprint density at radius 1 is 1.09 bits per heavy atom. The molecule has 3 rings (SSSR count). The smallest absolute Gasteiger partial charge is 0.241 e. The molecule has 6 heteroatoms. The highest BCUT2D eigenvalue weighted by molar-refractivity contribution is 7.90. The number of aryl methyl sites for hydroxylation is 3. The molecule has 0 N–H and O–H groups in total. The van der Waals surface area contributed by atoms with Crippen molar-refractivity contribution >= 4 is 21.1 Å². The van der Waals surface area contributed by atoms with Crippen molar-refractivity contribution < 1.29 is 8.42 Å². The summed E-state index contributed by atoms with van der Waals surface area (Å²) in [6, 6.07) is 8.71. The third-order valence-corrected chi connectivity index (χ3v) is 5.50. The highest BCUT2D eigenvalue weighted by Crippen LogP contribution is 2.26. The number of hydrogen-bond donors (Lipinski definition) is 0. The molecule has 0 aliphatic carbocycles. The zero-order valence-electron chi connectivity index (χ0n) is 12.7. The number of nitrogens with zero attached hydrogens (tertiary/aromatic N) is 3. The van der Waals surface area contributed by atoms with Crippen molar-refractivity contribution in [1.29, 1.82) is 0 Å². The van der Waals surface area contributed by atoms with Crippen LogP contribution in [0.25, 0.3) is 11.0 Å². The summed E-state index contributed by atoms with van der Waals surface area (Å²) in [5.74, 6) is 0. The average Bonchev–Trinajstić information content (AvgIpc) is 2.88. The zero-order valence-corrected chi connectivity index (χ0v) is 13.6. The molecule has 0 aliphatic rings. The minimum atomic E-state index is -3.67.